The van der Waals surface area contributed by atoms with Crippen LogP contribution in [0.5, 0.6) is 0 Å². The Morgan fingerprint density at radius 2 is 1.81 bits per heavy atom. The summed E-state index contributed by atoms with van der Waals surface area (Å²) < 4.78 is 22.9. The summed E-state index contributed by atoms with van der Waals surface area (Å²) in [6.07, 6.45) is 5.25. The summed E-state index contributed by atoms with van der Waals surface area (Å²) in [5.74, 6) is 1.25. The molecular formula is C12H25NO2S. The molecule has 96 valence electrons. The van der Waals surface area contributed by atoms with E-state index in [1.165, 1.54) is 25.7 Å². The largest absolute Gasteiger partial charge is 0.310 e. The predicted octanol–water partition coefficient (Wildman–Crippen LogP) is 1.98. The molecule has 0 aromatic rings. The van der Waals surface area contributed by atoms with Crippen molar-refractivity contribution in [2.75, 3.05) is 11.5 Å². The van der Waals surface area contributed by atoms with E-state index in [4.69, 9.17) is 0 Å². The van der Waals surface area contributed by atoms with E-state index in [1.54, 1.807) is 6.92 Å². The third kappa shape index (κ3) is 4.42. The molecule has 16 heavy (non-hydrogen) atoms. The summed E-state index contributed by atoms with van der Waals surface area (Å²) in [7, 11) is -2.85. The van der Waals surface area contributed by atoms with Gasteiger partial charge in [-0.15, -0.1) is 0 Å². The summed E-state index contributed by atoms with van der Waals surface area (Å²) in [5.41, 5.74) is 0. The average molecular weight is 247 g/mol. The fraction of sp³-hybridized carbons (Fsp3) is 1.00. The van der Waals surface area contributed by atoms with Gasteiger partial charge in [-0.1, -0.05) is 19.8 Å². The number of rotatable bonds is 6. The highest BCUT2D eigenvalue weighted by Gasteiger charge is 2.23. The van der Waals surface area contributed by atoms with E-state index >= 15 is 0 Å². The third-order valence-electron chi connectivity index (χ3n) is 3.60. The van der Waals surface area contributed by atoms with E-state index in [-0.39, 0.29) is 17.5 Å². The fourth-order valence-electron chi connectivity index (χ4n) is 2.59. The minimum Gasteiger partial charge on any atom is -0.310 e. The molecule has 1 unspecified atom stereocenters. The van der Waals surface area contributed by atoms with Crippen LogP contribution in [0.4, 0.5) is 0 Å². The van der Waals surface area contributed by atoms with Gasteiger partial charge in [0.25, 0.3) is 0 Å². The van der Waals surface area contributed by atoms with Crippen molar-refractivity contribution in [2.45, 2.75) is 58.5 Å². The summed E-state index contributed by atoms with van der Waals surface area (Å²) in [5, 5.41) is 3.43. The highest BCUT2D eigenvalue weighted by atomic mass is 32.2. The topological polar surface area (TPSA) is 46.2 Å². The van der Waals surface area contributed by atoms with Gasteiger partial charge in [0.2, 0.25) is 0 Å². The van der Waals surface area contributed by atoms with Crippen LogP contribution < -0.4 is 5.32 Å². The number of nitrogens with one attached hydrogen (secondary N) is 1. The van der Waals surface area contributed by atoms with Crippen LogP contribution in [0.2, 0.25) is 0 Å². The normalized spacial score (nSPS) is 22.2. The second-order valence-corrected chi connectivity index (χ2v) is 7.50. The van der Waals surface area contributed by atoms with Crippen LogP contribution in [0.1, 0.15) is 46.5 Å². The molecule has 0 radical (unpaired) electrons. The Balaban J connectivity index is 2.35. The molecule has 4 heteroatoms. The average Bonchev–Trinajstić information content (AvgIpc) is 2.69. The first-order chi connectivity index (χ1) is 7.44. The maximum absolute atomic E-state index is 11.5. The lowest BCUT2D eigenvalue weighted by Gasteiger charge is -2.24. The van der Waals surface area contributed by atoms with Gasteiger partial charge < -0.3 is 5.32 Å². The molecule has 1 aliphatic rings. The first kappa shape index (κ1) is 14.0. The molecule has 0 saturated heterocycles. The molecule has 0 spiro atoms. The summed E-state index contributed by atoms with van der Waals surface area (Å²) in [6.45, 7) is 5.87. The molecule has 1 rings (SSSR count). The van der Waals surface area contributed by atoms with Gasteiger partial charge in [-0.2, -0.15) is 0 Å². The maximum atomic E-state index is 11.5. The minimum absolute atomic E-state index is 0.0700. The van der Waals surface area contributed by atoms with Crippen LogP contribution in [0, 0.1) is 5.92 Å². The number of hydrogen-bond donors (Lipinski definition) is 1. The van der Waals surface area contributed by atoms with E-state index in [0.717, 1.165) is 5.92 Å². The van der Waals surface area contributed by atoms with E-state index in [0.29, 0.717) is 6.04 Å². The van der Waals surface area contributed by atoms with Crippen molar-refractivity contribution in [1.29, 1.82) is 0 Å². The van der Waals surface area contributed by atoms with Gasteiger partial charge in [-0.05, 0) is 32.6 Å². The summed E-state index contributed by atoms with van der Waals surface area (Å²) in [6, 6.07) is 0.519. The van der Waals surface area contributed by atoms with Crippen LogP contribution in [0.15, 0.2) is 0 Å². The van der Waals surface area contributed by atoms with Crippen LogP contribution in [-0.2, 0) is 9.84 Å². The zero-order chi connectivity index (χ0) is 12.2. The first-order valence-electron chi connectivity index (χ1n) is 6.41. The lowest BCUT2D eigenvalue weighted by Crippen LogP contribution is -2.42. The molecule has 1 aliphatic carbocycles. The number of sulfone groups is 1. The molecule has 1 N–H and O–H groups in total. The van der Waals surface area contributed by atoms with Gasteiger partial charge in [-0.3, -0.25) is 0 Å². The smallest absolute Gasteiger partial charge is 0.151 e. The van der Waals surface area contributed by atoms with Crippen molar-refractivity contribution in [3.05, 3.63) is 0 Å². The Bertz CT molecular complexity index is 294. The van der Waals surface area contributed by atoms with Gasteiger partial charge in [-0.25, -0.2) is 8.42 Å². The van der Waals surface area contributed by atoms with Crippen LogP contribution in [-0.4, -0.2) is 32.0 Å². The highest BCUT2D eigenvalue weighted by molar-refractivity contribution is 7.91. The number of hydrogen-bond acceptors (Lipinski definition) is 3. The molecule has 1 fully saturated rings. The van der Waals surface area contributed by atoms with Crippen molar-refractivity contribution < 1.29 is 8.42 Å². The van der Waals surface area contributed by atoms with E-state index in [2.05, 4.69) is 12.2 Å². The van der Waals surface area contributed by atoms with Crippen LogP contribution in [0.25, 0.3) is 0 Å². The SMILES string of the molecule is CCS(=O)(=O)CC(C)N[C@@H](C)C1CCCC1. The zero-order valence-corrected chi connectivity index (χ0v) is 11.5. The van der Waals surface area contributed by atoms with Gasteiger partial charge >= 0.3 is 0 Å². The Morgan fingerprint density at radius 3 is 2.31 bits per heavy atom. The fourth-order valence-corrected chi connectivity index (χ4v) is 3.68. The first-order valence-corrected chi connectivity index (χ1v) is 8.23. The molecule has 0 aromatic heterocycles. The Hall–Kier alpha value is -0.0900. The second-order valence-electron chi connectivity index (χ2n) is 5.10. The van der Waals surface area contributed by atoms with Gasteiger partial charge in [0.1, 0.15) is 0 Å². The second kappa shape index (κ2) is 6.01. The monoisotopic (exact) mass is 247 g/mol. The van der Waals surface area contributed by atoms with Crippen molar-refractivity contribution in [3.63, 3.8) is 0 Å². The zero-order valence-electron chi connectivity index (χ0n) is 10.7. The van der Waals surface area contributed by atoms with Crippen molar-refractivity contribution in [2.24, 2.45) is 5.92 Å². The van der Waals surface area contributed by atoms with Crippen molar-refractivity contribution >= 4 is 9.84 Å². The van der Waals surface area contributed by atoms with Crippen molar-refractivity contribution in [1.82, 2.24) is 5.32 Å². The highest BCUT2D eigenvalue weighted by Crippen LogP contribution is 2.27. The molecule has 0 aliphatic heterocycles. The van der Waals surface area contributed by atoms with E-state index < -0.39 is 9.84 Å². The molecule has 1 saturated carbocycles. The quantitative estimate of drug-likeness (QED) is 0.780. The Morgan fingerprint density at radius 1 is 1.25 bits per heavy atom. The van der Waals surface area contributed by atoms with E-state index in [9.17, 15) is 8.42 Å². The molecule has 2 atom stereocenters. The molecular weight excluding hydrogens is 222 g/mol. The van der Waals surface area contributed by atoms with Crippen LogP contribution >= 0.6 is 0 Å². The third-order valence-corrected chi connectivity index (χ3v) is 5.49. The summed E-state index contributed by atoms with van der Waals surface area (Å²) in [4.78, 5) is 0. The maximum Gasteiger partial charge on any atom is 0.151 e. The Labute approximate surface area is 99.9 Å². The lowest BCUT2D eigenvalue weighted by molar-refractivity contribution is 0.358. The molecule has 0 heterocycles. The lowest BCUT2D eigenvalue weighted by atomic mass is 9.99. The summed E-state index contributed by atoms with van der Waals surface area (Å²) >= 11 is 0. The molecule has 3 nitrogen and oxygen atoms in total. The van der Waals surface area contributed by atoms with Gasteiger partial charge in [0.05, 0.1) is 5.75 Å². The van der Waals surface area contributed by atoms with Crippen molar-refractivity contribution in [3.8, 4) is 0 Å². The van der Waals surface area contributed by atoms with Crippen LogP contribution in [0.3, 0.4) is 0 Å². The molecule has 0 amide bonds. The molecule has 0 bridgehead atoms. The predicted molar refractivity (Wildman–Crippen MR) is 68.3 cm³/mol. The van der Waals surface area contributed by atoms with Gasteiger partial charge in [0.15, 0.2) is 9.84 Å². The molecule has 0 aromatic carbocycles. The van der Waals surface area contributed by atoms with Gasteiger partial charge in [0, 0.05) is 17.8 Å². The standard InChI is InChI=1S/C12H25NO2S/c1-4-16(14,15)9-10(2)13-11(3)12-7-5-6-8-12/h10-13H,4-9H2,1-3H3/t10?,11-/m0/s1. The van der Waals surface area contributed by atoms with E-state index in [1.807, 2.05) is 6.92 Å². The minimum atomic E-state index is -2.85. The Kier molecular flexibility index (Phi) is 5.25.